The molecule has 2 aromatic rings. The second-order valence-corrected chi connectivity index (χ2v) is 8.35. The van der Waals surface area contributed by atoms with Crippen LogP contribution in [0, 0.1) is 6.92 Å². The van der Waals surface area contributed by atoms with Crippen molar-refractivity contribution in [2.24, 2.45) is 0 Å². The molecule has 7 heteroatoms. The third-order valence-electron chi connectivity index (χ3n) is 4.64. The van der Waals surface area contributed by atoms with E-state index in [1.807, 2.05) is 13.1 Å². The predicted molar refractivity (Wildman–Crippen MR) is 101 cm³/mol. The Bertz CT molecular complexity index is 806. The molecule has 0 radical (unpaired) electrons. The molecule has 1 saturated heterocycles. The number of aromatic nitrogens is 3. The number of anilines is 1. The van der Waals surface area contributed by atoms with Gasteiger partial charge in [0, 0.05) is 25.7 Å². The minimum atomic E-state index is -0.158. The summed E-state index contributed by atoms with van der Waals surface area (Å²) in [7, 11) is 0. The van der Waals surface area contributed by atoms with Crippen molar-refractivity contribution in [3.05, 3.63) is 35.4 Å². The molecule has 0 spiro atoms. The van der Waals surface area contributed by atoms with Gasteiger partial charge in [-0.2, -0.15) is 0 Å². The molecule has 4 heterocycles. The Kier molecular flexibility index (Phi) is 4.86. The quantitative estimate of drug-likeness (QED) is 0.821. The van der Waals surface area contributed by atoms with E-state index in [4.69, 9.17) is 19.4 Å². The van der Waals surface area contributed by atoms with E-state index in [-0.39, 0.29) is 5.60 Å². The van der Waals surface area contributed by atoms with Gasteiger partial charge in [0.25, 0.3) is 0 Å². The maximum atomic E-state index is 5.88. The first-order valence-electron chi connectivity index (χ1n) is 8.97. The number of fused-ring (bicyclic) bond motifs is 1. The van der Waals surface area contributed by atoms with Gasteiger partial charge in [-0.05, 0) is 32.4 Å². The molecule has 0 unspecified atom stereocenters. The largest absolute Gasteiger partial charge is 0.378 e. The van der Waals surface area contributed by atoms with Crippen LogP contribution in [0.25, 0.3) is 0 Å². The molecule has 138 valence electrons. The maximum Gasteiger partial charge on any atom is 0.146 e. The van der Waals surface area contributed by atoms with Crippen LogP contribution in [0.1, 0.15) is 30.9 Å². The third kappa shape index (κ3) is 3.84. The molecule has 4 rings (SSSR count). The van der Waals surface area contributed by atoms with Gasteiger partial charge in [0.15, 0.2) is 0 Å². The Balaban J connectivity index is 1.61. The van der Waals surface area contributed by atoms with Crippen molar-refractivity contribution in [2.75, 3.05) is 31.2 Å². The summed E-state index contributed by atoms with van der Waals surface area (Å²) in [4.78, 5) is 17.3. The van der Waals surface area contributed by atoms with E-state index < -0.39 is 0 Å². The van der Waals surface area contributed by atoms with Crippen molar-refractivity contribution in [3.63, 3.8) is 0 Å². The fourth-order valence-corrected chi connectivity index (χ4v) is 4.10. The van der Waals surface area contributed by atoms with E-state index in [0.717, 1.165) is 60.0 Å². The molecule has 2 aliphatic heterocycles. The lowest BCUT2D eigenvalue weighted by Crippen LogP contribution is -2.37. The van der Waals surface area contributed by atoms with Crippen molar-refractivity contribution >= 4 is 17.6 Å². The van der Waals surface area contributed by atoms with E-state index in [1.54, 1.807) is 11.8 Å². The van der Waals surface area contributed by atoms with Gasteiger partial charge in [-0.25, -0.2) is 15.0 Å². The van der Waals surface area contributed by atoms with Crippen LogP contribution >= 0.6 is 11.8 Å². The second kappa shape index (κ2) is 7.13. The summed E-state index contributed by atoms with van der Waals surface area (Å²) in [5.41, 5.74) is 2.16. The molecule has 0 aliphatic carbocycles. The van der Waals surface area contributed by atoms with Crippen LogP contribution in [0.2, 0.25) is 0 Å². The Morgan fingerprint density at radius 2 is 1.96 bits per heavy atom. The summed E-state index contributed by atoms with van der Waals surface area (Å²) in [6, 6.07) is 4.19. The van der Waals surface area contributed by atoms with Crippen molar-refractivity contribution < 1.29 is 9.47 Å². The lowest BCUT2D eigenvalue weighted by molar-refractivity contribution is -0.0414. The minimum absolute atomic E-state index is 0.158. The number of hydrogen-bond donors (Lipinski definition) is 0. The predicted octanol–water partition coefficient (Wildman–Crippen LogP) is 3.02. The molecule has 6 nitrogen and oxygen atoms in total. The summed E-state index contributed by atoms with van der Waals surface area (Å²) in [6.45, 7) is 9.97. The fourth-order valence-electron chi connectivity index (χ4n) is 3.21. The Hall–Kier alpha value is -1.70. The molecule has 26 heavy (non-hydrogen) atoms. The number of nitrogens with zero attached hydrogens (tertiary/aromatic N) is 4. The number of morpholine rings is 1. The molecule has 0 N–H and O–H groups in total. The number of ether oxygens (including phenoxy) is 2. The molecule has 0 atom stereocenters. The summed E-state index contributed by atoms with van der Waals surface area (Å²) < 4.78 is 11.4. The Morgan fingerprint density at radius 3 is 2.77 bits per heavy atom. The Morgan fingerprint density at radius 1 is 1.15 bits per heavy atom. The monoisotopic (exact) mass is 372 g/mol. The van der Waals surface area contributed by atoms with Gasteiger partial charge in [0.2, 0.25) is 0 Å². The molecule has 2 aliphatic rings. The highest BCUT2D eigenvalue weighted by molar-refractivity contribution is 7.99. The fraction of sp³-hybridized carbons (Fsp3) is 0.526. The molecular formula is C19H24N4O2S. The number of aryl methyl sites for hydroxylation is 1. The smallest absolute Gasteiger partial charge is 0.146 e. The maximum absolute atomic E-state index is 5.88. The molecule has 2 aromatic heterocycles. The number of pyridine rings is 1. The van der Waals surface area contributed by atoms with Gasteiger partial charge in [-0.1, -0.05) is 17.8 Å². The topological polar surface area (TPSA) is 60.4 Å². The highest BCUT2D eigenvalue weighted by atomic mass is 32.2. The Labute approximate surface area is 158 Å². The average Bonchev–Trinajstić information content (AvgIpc) is 2.63. The summed E-state index contributed by atoms with van der Waals surface area (Å²) in [6.07, 6.45) is 2.74. The van der Waals surface area contributed by atoms with E-state index >= 15 is 0 Å². The highest BCUT2D eigenvalue weighted by Gasteiger charge is 2.27. The van der Waals surface area contributed by atoms with Gasteiger partial charge in [-0.15, -0.1) is 0 Å². The van der Waals surface area contributed by atoms with E-state index in [1.165, 1.54) is 5.56 Å². The van der Waals surface area contributed by atoms with Gasteiger partial charge in [-0.3, -0.25) is 0 Å². The van der Waals surface area contributed by atoms with Crippen molar-refractivity contribution in [1.82, 2.24) is 15.0 Å². The summed E-state index contributed by atoms with van der Waals surface area (Å²) in [5, 5.41) is 0.975. The standard InChI is InChI=1S/C19H24N4O2S/c1-13-20-11-16(18(21-13)23-6-8-24-9-7-23)26-17-5-4-14-12-25-19(2,3)10-15(14)22-17/h4-5,11H,6-10,12H2,1-3H3. The lowest BCUT2D eigenvalue weighted by Gasteiger charge is -2.31. The van der Waals surface area contributed by atoms with Crippen molar-refractivity contribution in [1.29, 1.82) is 0 Å². The van der Waals surface area contributed by atoms with E-state index in [9.17, 15) is 0 Å². The molecule has 0 bridgehead atoms. The molecule has 0 aromatic carbocycles. The normalized spacial score (nSPS) is 19.3. The third-order valence-corrected chi connectivity index (χ3v) is 5.58. The zero-order valence-corrected chi connectivity index (χ0v) is 16.3. The molecule has 1 fully saturated rings. The summed E-state index contributed by atoms with van der Waals surface area (Å²) in [5.74, 6) is 1.77. The first kappa shape index (κ1) is 17.7. The van der Waals surface area contributed by atoms with Crippen LogP contribution in [0.3, 0.4) is 0 Å². The van der Waals surface area contributed by atoms with Crippen LogP contribution in [0.4, 0.5) is 5.82 Å². The molecular weight excluding hydrogens is 348 g/mol. The highest BCUT2D eigenvalue weighted by Crippen LogP contribution is 2.35. The molecule has 0 saturated carbocycles. The van der Waals surface area contributed by atoms with Crippen LogP contribution in [0.15, 0.2) is 28.3 Å². The lowest BCUT2D eigenvalue weighted by atomic mass is 9.96. The van der Waals surface area contributed by atoms with Crippen molar-refractivity contribution in [3.8, 4) is 0 Å². The van der Waals surface area contributed by atoms with Gasteiger partial charge >= 0.3 is 0 Å². The summed E-state index contributed by atoms with van der Waals surface area (Å²) >= 11 is 1.63. The number of rotatable bonds is 3. The first-order valence-corrected chi connectivity index (χ1v) is 9.79. The van der Waals surface area contributed by atoms with Gasteiger partial charge < -0.3 is 14.4 Å². The molecule has 0 amide bonds. The van der Waals surface area contributed by atoms with Gasteiger partial charge in [0.1, 0.15) is 16.7 Å². The second-order valence-electron chi connectivity index (χ2n) is 7.29. The number of hydrogen-bond acceptors (Lipinski definition) is 7. The van der Waals surface area contributed by atoms with Crippen LogP contribution in [0.5, 0.6) is 0 Å². The SMILES string of the molecule is Cc1ncc(Sc2ccc3c(n2)CC(C)(C)OC3)c(N2CCOCC2)n1. The first-order chi connectivity index (χ1) is 12.5. The van der Waals surface area contributed by atoms with Crippen molar-refractivity contribution in [2.45, 2.75) is 49.3 Å². The van der Waals surface area contributed by atoms with E-state index in [0.29, 0.717) is 6.61 Å². The average molecular weight is 372 g/mol. The zero-order chi connectivity index (χ0) is 18.1. The zero-order valence-electron chi connectivity index (χ0n) is 15.5. The van der Waals surface area contributed by atoms with E-state index in [2.05, 4.69) is 35.9 Å². The van der Waals surface area contributed by atoms with Crippen LogP contribution < -0.4 is 4.90 Å². The minimum Gasteiger partial charge on any atom is -0.378 e. The van der Waals surface area contributed by atoms with Gasteiger partial charge in [0.05, 0.1) is 36.0 Å². The van der Waals surface area contributed by atoms with Crippen LogP contribution in [-0.2, 0) is 22.5 Å². The van der Waals surface area contributed by atoms with Crippen LogP contribution in [-0.4, -0.2) is 46.9 Å².